The first-order chi connectivity index (χ1) is 8.40. The van der Waals surface area contributed by atoms with E-state index >= 15 is 0 Å². The van der Waals surface area contributed by atoms with Crippen LogP contribution in [0.5, 0.6) is 0 Å². The number of carbonyl (C=O) groups excluding carboxylic acids is 1. The van der Waals surface area contributed by atoms with Gasteiger partial charge in [0.15, 0.2) is 0 Å². The van der Waals surface area contributed by atoms with Crippen molar-refractivity contribution in [3.63, 3.8) is 0 Å². The number of aliphatic hydroxyl groups excluding tert-OH is 1. The predicted octanol–water partition coefficient (Wildman–Crippen LogP) is 2.10. The molecular weight excluding hydrogens is 240 g/mol. The Hall–Kier alpha value is -1.49. The molecule has 0 aromatic heterocycles. The van der Waals surface area contributed by atoms with E-state index in [-0.39, 0.29) is 18.0 Å². The maximum atomic E-state index is 12.9. The normalized spacial score (nSPS) is 12.6. The molecule has 1 amide bonds. The molecule has 0 aliphatic rings. The minimum absolute atomic E-state index is 0.0634. The van der Waals surface area contributed by atoms with Crippen LogP contribution in [-0.4, -0.2) is 23.7 Å². The summed E-state index contributed by atoms with van der Waals surface area (Å²) in [6.07, 6.45) is -0.101. The Bertz CT molecular complexity index is 401. The maximum absolute atomic E-state index is 12.9. The molecule has 18 heavy (non-hydrogen) atoms. The number of rotatable bonds is 5. The monoisotopic (exact) mass is 257 g/mol. The van der Waals surface area contributed by atoms with Crippen LogP contribution in [0.15, 0.2) is 18.2 Å². The number of hydrogen-bond donors (Lipinski definition) is 2. The minimum Gasteiger partial charge on any atom is -0.393 e. The number of benzene rings is 1. The lowest BCUT2D eigenvalue weighted by molar-refractivity contribution is 0.0919. The number of halogens is 2. The largest absolute Gasteiger partial charge is 0.393 e. The van der Waals surface area contributed by atoms with Crippen molar-refractivity contribution in [2.24, 2.45) is 5.92 Å². The summed E-state index contributed by atoms with van der Waals surface area (Å²) in [4.78, 5) is 11.6. The van der Waals surface area contributed by atoms with Crippen molar-refractivity contribution in [2.75, 3.05) is 6.54 Å². The van der Waals surface area contributed by atoms with E-state index in [4.69, 9.17) is 0 Å². The molecule has 2 N–H and O–H groups in total. The van der Waals surface area contributed by atoms with E-state index in [1.165, 1.54) is 0 Å². The summed E-state index contributed by atoms with van der Waals surface area (Å²) < 4.78 is 25.8. The highest BCUT2D eigenvalue weighted by atomic mass is 19.1. The molecule has 1 rings (SSSR count). The van der Waals surface area contributed by atoms with Gasteiger partial charge in [-0.05, 0) is 24.5 Å². The van der Waals surface area contributed by atoms with E-state index in [9.17, 15) is 18.7 Å². The molecule has 0 heterocycles. The topological polar surface area (TPSA) is 49.3 Å². The number of carbonyl (C=O) groups is 1. The van der Waals surface area contributed by atoms with Crippen molar-refractivity contribution in [1.29, 1.82) is 0 Å². The van der Waals surface area contributed by atoms with Crippen molar-refractivity contribution < 1.29 is 18.7 Å². The molecule has 1 atom stereocenters. The highest BCUT2D eigenvalue weighted by molar-refractivity contribution is 5.94. The van der Waals surface area contributed by atoms with Crippen LogP contribution in [0, 0.1) is 17.6 Å². The quantitative estimate of drug-likeness (QED) is 0.848. The van der Waals surface area contributed by atoms with Crippen LogP contribution in [0.25, 0.3) is 0 Å². The third-order valence-electron chi connectivity index (χ3n) is 2.62. The maximum Gasteiger partial charge on any atom is 0.251 e. The number of hydrogen-bond acceptors (Lipinski definition) is 2. The Morgan fingerprint density at radius 3 is 2.33 bits per heavy atom. The van der Waals surface area contributed by atoms with Gasteiger partial charge < -0.3 is 10.4 Å². The molecular formula is C13H17F2NO2. The van der Waals surface area contributed by atoms with Crippen LogP contribution in [0.3, 0.4) is 0 Å². The average molecular weight is 257 g/mol. The molecule has 5 heteroatoms. The van der Waals surface area contributed by atoms with Gasteiger partial charge >= 0.3 is 0 Å². The van der Waals surface area contributed by atoms with Crippen LogP contribution in [0.4, 0.5) is 8.78 Å². The van der Waals surface area contributed by atoms with E-state index < -0.39 is 23.6 Å². The first-order valence-corrected chi connectivity index (χ1v) is 5.82. The molecule has 1 aromatic carbocycles. The van der Waals surface area contributed by atoms with E-state index in [0.717, 1.165) is 12.1 Å². The molecule has 0 spiro atoms. The Labute approximate surface area is 105 Å². The van der Waals surface area contributed by atoms with Crippen LogP contribution in [0.1, 0.15) is 30.6 Å². The lowest BCUT2D eigenvalue weighted by atomic mass is 10.0. The molecule has 0 saturated heterocycles. The van der Waals surface area contributed by atoms with Crippen LogP contribution < -0.4 is 5.32 Å². The van der Waals surface area contributed by atoms with Gasteiger partial charge in [0.2, 0.25) is 0 Å². The Kier molecular flexibility index (Phi) is 5.22. The van der Waals surface area contributed by atoms with Crippen LogP contribution in [-0.2, 0) is 0 Å². The van der Waals surface area contributed by atoms with Gasteiger partial charge in [-0.2, -0.15) is 0 Å². The first-order valence-electron chi connectivity index (χ1n) is 5.82. The number of aliphatic hydroxyl groups is 1. The van der Waals surface area contributed by atoms with Gasteiger partial charge in [-0.15, -0.1) is 0 Å². The van der Waals surface area contributed by atoms with E-state index in [2.05, 4.69) is 5.32 Å². The van der Waals surface area contributed by atoms with Crippen molar-refractivity contribution in [3.8, 4) is 0 Å². The summed E-state index contributed by atoms with van der Waals surface area (Å²) in [6.45, 7) is 4.00. The van der Waals surface area contributed by atoms with Crippen molar-refractivity contribution in [2.45, 2.75) is 26.4 Å². The molecule has 3 nitrogen and oxygen atoms in total. The molecule has 100 valence electrons. The standard InChI is InChI=1S/C13H17F2NO2/c1-8(2)12(17)3-4-16-13(18)9-5-10(14)7-11(15)6-9/h5-8,12,17H,3-4H2,1-2H3,(H,16,18). The van der Waals surface area contributed by atoms with E-state index in [1.54, 1.807) is 0 Å². The lowest BCUT2D eigenvalue weighted by Crippen LogP contribution is -2.28. The summed E-state index contributed by atoms with van der Waals surface area (Å²) in [5.74, 6) is -2.03. The zero-order valence-electron chi connectivity index (χ0n) is 10.4. The fourth-order valence-electron chi connectivity index (χ4n) is 1.45. The van der Waals surface area contributed by atoms with E-state index in [0.29, 0.717) is 12.5 Å². The first kappa shape index (κ1) is 14.6. The SMILES string of the molecule is CC(C)C(O)CCNC(=O)c1cc(F)cc(F)c1. The van der Waals surface area contributed by atoms with Crippen molar-refractivity contribution in [1.82, 2.24) is 5.32 Å². The average Bonchev–Trinajstić information content (AvgIpc) is 2.27. The number of nitrogens with one attached hydrogen (secondary N) is 1. The van der Waals surface area contributed by atoms with Crippen molar-refractivity contribution >= 4 is 5.91 Å². The second-order valence-electron chi connectivity index (χ2n) is 4.51. The molecule has 0 aliphatic heterocycles. The van der Waals surface area contributed by atoms with Crippen LogP contribution in [0.2, 0.25) is 0 Å². The summed E-state index contributed by atoms with van der Waals surface area (Å²) in [5, 5.41) is 12.0. The highest BCUT2D eigenvalue weighted by Gasteiger charge is 2.11. The van der Waals surface area contributed by atoms with Gasteiger partial charge in [0.05, 0.1) is 6.10 Å². The smallest absolute Gasteiger partial charge is 0.251 e. The third-order valence-corrected chi connectivity index (χ3v) is 2.62. The van der Waals surface area contributed by atoms with Gasteiger partial charge in [0.25, 0.3) is 5.91 Å². The van der Waals surface area contributed by atoms with Crippen molar-refractivity contribution in [3.05, 3.63) is 35.4 Å². The summed E-state index contributed by atoms with van der Waals surface area (Å²) >= 11 is 0. The second kappa shape index (κ2) is 6.44. The molecule has 0 aliphatic carbocycles. The van der Waals surface area contributed by atoms with Gasteiger partial charge in [0.1, 0.15) is 11.6 Å². The lowest BCUT2D eigenvalue weighted by Gasteiger charge is -2.14. The fourth-order valence-corrected chi connectivity index (χ4v) is 1.45. The molecule has 0 fully saturated rings. The van der Waals surface area contributed by atoms with Gasteiger partial charge in [-0.3, -0.25) is 4.79 Å². The van der Waals surface area contributed by atoms with E-state index in [1.807, 2.05) is 13.8 Å². The van der Waals surface area contributed by atoms with Crippen LogP contribution >= 0.6 is 0 Å². The zero-order chi connectivity index (χ0) is 13.7. The zero-order valence-corrected chi connectivity index (χ0v) is 10.4. The summed E-state index contributed by atoms with van der Waals surface area (Å²) in [5.41, 5.74) is -0.0634. The molecule has 0 saturated carbocycles. The number of amides is 1. The molecule has 0 radical (unpaired) electrons. The fraction of sp³-hybridized carbons (Fsp3) is 0.462. The predicted molar refractivity (Wildman–Crippen MR) is 64.2 cm³/mol. The Balaban J connectivity index is 2.50. The van der Waals surface area contributed by atoms with Gasteiger partial charge in [-0.25, -0.2) is 8.78 Å². The summed E-state index contributed by atoms with van der Waals surface area (Å²) in [6, 6.07) is 2.65. The Morgan fingerprint density at radius 1 is 1.28 bits per heavy atom. The summed E-state index contributed by atoms with van der Waals surface area (Å²) in [7, 11) is 0. The highest BCUT2D eigenvalue weighted by Crippen LogP contribution is 2.08. The van der Waals surface area contributed by atoms with Gasteiger partial charge in [0, 0.05) is 18.2 Å². The molecule has 1 unspecified atom stereocenters. The minimum atomic E-state index is -0.789. The third kappa shape index (κ3) is 4.41. The van der Waals surface area contributed by atoms with Gasteiger partial charge in [-0.1, -0.05) is 13.8 Å². The second-order valence-corrected chi connectivity index (χ2v) is 4.51. The molecule has 1 aromatic rings. The molecule has 0 bridgehead atoms. The Morgan fingerprint density at radius 2 is 1.83 bits per heavy atom.